The van der Waals surface area contributed by atoms with Crippen LogP contribution in [0.4, 0.5) is 0 Å². The fraction of sp³-hybridized carbons (Fsp3) is 0.320. The molecule has 0 aromatic heterocycles. The van der Waals surface area contributed by atoms with Crippen LogP contribution in [-0.4, -0.2) is 29.6 Å². The lowest BCUT2D eigenvalue weighted by molar-refractivity contribution is -0.126. The van der Waals surface area contributed by atoms with Gasteiger partial charge in [0.05, 0.1) is 11.0 Å². The van der Waals surface area contributed by atoms with Gasteiger partial charge >= 0.3 is 0 Å². The highest BCUT2D eigenvalue weighted by Gasteiger charge is 2.46. The fourth-order valence-corrected chi connectivity index (χ4v) is 3.87. The van der Waals surface area contributed by atoms with E-state index in [0.29, 0.717) is 24.7 Å². The first kappa shape index (κ1) is 21.5. The van der Waals surface area contributed by atoms with E-state index in [2.05, 4.69) is 0 Å². The first-order valence-electron chi connectivity index (χ1n) is 9.92. The average Bonchev–Trinajstić information content (AvgIpc) is 2.71. The maximum absolute atomic E-state index is 13.8. The second-order valence-corrected chi connectivity index (χ2v) is 8.19. The molecule has 5 nitrogen and oxygen atoms in total. The van der Waals surface area contributed by atoms with Crippen molar-refractivity contribution in [2.45, 2.75) is 40.5 Å². The Morgan fingerprint density at radius 3 is 2.63 bits per heavy atom. The molecular weight excluding hydrogens is 380 g/mol. The van der Waals surface area contributed by atoms with Gasteiger partial charge in [0.25, 0.3) is 0 Å². The number of hydrogen-bond acceptors (Lipinski definition) is 5. The lowest BCUT2D eigenvalue weighted by Crippen LogP contribution is -2.39. The molecule has 1 aromatic rings. The zero-order chi connectivity index (χ0) is 22.1. The van der Waals surface area contributed by atoms with Crippen LogP contribution in [0.5, 0.6) is 5.75 Å². The van der Waals surface area contributed by atoms with Crippen molar-refractivity contribution < 1.29 is 24.2 Å². The van der Waals surface area contributed by atoms with Crippen molar-refractivity contribution in [2.24, 2.45) is 5.41 Å². The van der Waals surface area contributed by atoms with Crippen LogP contribution in [0.1, 0.15) is 56.5 Å². The summed E-state index contributed by atoms with van der Waals surface area (Å²) in [5, 5.41) is 11.1. The summed E-state index contributed by atoms with van der Waals surface area (Å²) in [6.45, 7) is 7.83. The van der Waals surface area contributed by atoms with Crippen molar-refractivity contribution in [1.82, 2.24) is 0 Å². The zero-order valence-electron chi connectivity index (χ0n) is 17.7. The van der Waals surface area contributed by atoms with Gasteiger partial charge in [0.1, 0.15) is 23.7 Å². The van der Waals surface area contributed by atoms with Gasteiger partial charge in [-0.25, -0.2) is 0 Å². The van der Waals surface area contributed by atoms with E-state index in [9.17, 15) is 19.5 Å². The van der Waals surface area contributed by atoms with Crippen LogP contribution < -0.4 is 4.74 Å². The van der Waals surface area contributed by atoms with Gasteiger partial charge in [-0.3, -0.25) is 14.4 Å². The van der Waals surface area contributed by atoms with Crippen LogP contribution in [-0.2, 0) is 9.59 Å². The normalized spacial score (nSPS) is 23.3. The predicted molar refractivity (Wildman–Crippen MR) is 115 cm³/mol. The summed E-state index contributed by atoms with van der Waals surface area (Å²) in [7, 11) is 0. The Kier molecular flexibility index (Phi) is 5.92. The molecule has 1 atom stereocenters. The van der Waals surface area contributed by atoms with E-state index in [1.807, 2.05) is 32.9 Å². The highest BCUT2D eigenvalue weighted by Crippen LogP contribution is 2.45. The Hall–Kier alpha value is -3.21. The minimum atomic E-state index is -0.976. The van der Waals surface area contributed by atoms with E-state index in [1.165, 1.54) is 12.1 Å². The molecule has 5 heteroatoms. The van der Waals surface area contributed by atoms with Gasteiger partial charge in [-0.2, -0.15) is 0 Å². The lowest BCUT2D eigenvalue weighted by atomic mass is 9.65. The number of aliphatic hydroxyl groups excluding tert-OH is 1. The third-order valence-corrected chi connectivity index (χ3v) is 5.78. The molecule has 2 bridgehead atoms. The number of rotatable bonds is 3. The number of carbonyl (C=O) groups is 3. The maximum Gasteiger partial charge on any atom is 0.193 e. The van der Waals surface area contributed by atoms with Crippen LogP contribution in [0.15, 0.2) is 58.7 Å². The van der Waals surface area contributed by atoms with Gasteiger partial charge in [0, 0.05) is 5.56 Å². The molecule has 1 aliphatic heterocycles. The molecule has 0 saturated carbocycles. The quantitative estimate of drug-likeness (QED) is 0.437. The monoisotopic (exact) mass is 406 g/mol. The third-order valence-electron chi connectivity index (χ3n) is 5.78. The fourth-order valence-electron chi connectivity index (χ4n) is 3.87. The van der Waals surface area contributed by atoms with Gasteiger partial charge < -0.3 is 9.84 Å². The Labute approximate surface area is 176 Å². The molecule has 1 N–H and O–H groups in total. The first-order valence-corrected chi connectivity index (χ1v) is 9.92. The van der Waals surface area contributed by atoms with Crippen molar-refractivity contribution in [3.05, 3.63) is 69.8 Å². The van der Waals surface area contributed by atoms with E-state index in [4.69, 9.17) is 4.74 Å². The molecule has 0 radical (unpaired) electrons. The zero-order valence-corrected chi connectivity index (χ0v) is 17.7. The number of Topliss-reactive ketones (excluding diaryl/α,β-unsaturated/α-hetero) is 1. The van der Waals surface area contributed by atoms with Gasteiger partial charge in [-0.15, -0.1) is 0 Å². The standard InChI is InChI=1S/C25H26O5/c1-15(2)8-10-25-11-9-16(3)14-30-20-7-5-6-18(13-26)21(20)23(28)22(24(25)29)19(27)12-17(25)4/h5-9,12-13,28H,10-11,14H2,1-4H3/b16-9+,23-22?/t25-/m0/s1. The summed E-state index contributed by atoms with van der Waals surface area (Å²) >= 11 is 0. The Bertz CT molecular complexity index is 1050. The number of carbonyl (C=O) groups excluding carboxylic acids is 3. The van der Waals surface area contributed by atoms with Gasteiger partial charge in [-0.05, 0) is 58.3 Å². The van der Waals surface area contributed by atoms with Crippen molar-refractivity contribution in [3.63, 3.8) is 0 Å². The highest BCUT2D eigenvalue weighted by molar-refractivity contribution is 6.32. The molecule has 0 amide bonds. The third kappa shape index (κ3) is 3.67. The van der Waals surface area contributed by atoms with E-state index < -0.39 is 22.7 Å². The molecule has 0 spiro atoms. The molecule has 1 heterocycles. The summed E-state index contributed by atoms with van der Waals surface area (Å²) in [4.78, 5) is 38.3. The number of ether oxygens (including phenoxy) is 1. The molecule has 1 aliphatic carbocycles. The molecule has 156 valence electrons. The second-order valence-electron chi connectivity index (χ2n) is 8.19. The molecule has 1 aromatic carbocycles. The lowest BCUT2D eigenvalue weighted by Gasteiger charge is -2.35. The molecular formula is C25H26O5. The van der Waals surface area contributed by atoms with Crippen LogP contribution >= 0.6 is 0 Å². The number of aldehydes is 1. The molecule has 30 heavy (non-hydrogen) atoms. The van der Waals surface area contributed by atoms with Gasteiger partial charge in [-0.1, -0.05) is 35.4 Å². The minimum absolute atomic E-state index is 0.0722. The number of allylic oxidation sites excluding steroid dienone is 6. The Morgan fingerprint density at radius 1 is 1.23 bits per heavy atom. The Balaban J connectivity index is 2.38. The number of benzene rings is 1. The second kappa shape index (κ2) is 8.27. The number of fused-ring (bicyclic) bond motifs is 3. The molecule has 0 saturated heterocycles. The van der Waals surface area contributed by atoms with Gasteiger partial charge in [0.15, 0.2) is 17.9 Å². The molecule has 0 unspecified atom stereocenters. The minimum Gasteiger partial charge on any atom is -0.506 e. The van der Waals surface area contributed by atoms with Crippen molar-refractivity contribution >= 4 is 23.6 Å². The number of aliphatic hydroxyl groups is 1. The van der Waals surface area contributed by atoms with Crippen LogP contribution in [0.2, 0.25) is 0 Å². The molecule has 2 aliphatic rings. The van der Waals surface area contributed by atoms with Crippen LogP contribution in [0.3, 0.4) is 0 Å². The van der Waals surface area contributed by atoms with Crippen LogP contribution in [0, 0.1) is 5.41 Å². The summed E-state index contributed by atoms with van der Waals surface area (Å²) in [5.74, 6) is -1.25. The topological polar surface area (TPSA) is 80.7 Å². The maximum atomic E-state index is 13.8. The predicted octanol–water partition coefficient (Wildman–Crippen LogP) is 4.94. The largest absolute Gasteiger partial charge is 0.506 e. The summed E-state index contributed by atoms with van der Waals surface area (Å²) in [5.41, 5.74) is 1.59. The average molecular weight is 406 g/mol. The molecule has 3 rings (SSSR count). The molecule has 0 fully saturated rings. The van der Waals surface area contributed by atoms with E-state index in [-0.39, 0.29) is 29.1 Å². The van der Waals surface area contributed by atoms with E-state index in [0.717, 1.165) is 11.1 Å². The summed E-state index contributed by atoms with van der Waals surface area (Å²) in [6.07, 6.45) is 6.73. The summed E-state index contributed by atoms with van der Waals surface area (Å²) in [6, 6.07) is 4.76. The van der Waals surface area contributed by atoms with Crippen molar-refractivity contribution in [1.29, 1.82) is 0 Å². The van der Waals surface area contributed by atoms with E-state index >= 15 is 0 Å². The first-order chi connectivity index (χ1) is 14.2. The van der Waals surface area contributed by atoms with E-state index in [1.54, 1.807) is 19.1 Å². The smallest absolute Gasteiger partial charge is 0.193 e. The van der Waals surface area contributed by atoms with Crippen molar-refractivity contribution in [2.75, 3.05) is 6.61 Å². The Morgan fingerprint density at radius 2 is 1.97 bits per heavy atom. The SMILES string of the molecule is CC(C)=CC[C@]12C/C=C(\C)COc3cccc(C=O)c3C(O)=C(C(=O)C=C1C)C2=O. The summed E-state index contributed by atoms with van der Waals surface area (Å²) < 4.78 is 5.85. The number of hydrogen-bond donors (Lipinski definition) is 1. The van der Waals surface area contributed by atoms with Crippen molar-refractivity contribution in [3.8, 4) is 5.75 Å². The van der Waals surface area contributed by atoms with Gasteiger partial charge in [0.2, 0.25) is 0 Å². The highest BCUT2D eigenvalue weighted by atomic mass is 16.5. The number of ketones is 2. The van der Waals surface area contributed by atoms with Crippen LogP contribution in [0.25, 0.3) is 5.76 Å².